The van der Waals surface area contributed by atoms with E-state index in [1.54, 1.807) is 24.3 Å². The number of hydrogen-bond acceptors (Lipinski definition) is 4. The van der Waals surface area contributed by atoms with Gasteiger partial charge in [0.2, 0.25) is 0 Å². The van der Waals surface area contributed by atoms with Crippen molar-refractivity contribution in [2.24, 2.45) is 0 Å². The van der Waals surface area contributed by atoms with Crippen LogP contribution in [0.3, 0.4) is 0 Å². The van der Waals surface area contributed by atoms with Gasteiger partial charge in [0.05, 0.1) is 0 Å². The molecule has 0 spiro atoms. The highest BCUT2D eigenvalue weighted by atomic mass is 19.1. The molecule has 4 amide bonds. The number of benzene rings is 2. The molecule has 0 radical (unpaired) electrons. The second-order valence-corrected chi connectivity index (χ2v) is 9.78. The summed E-state index contributed by atoms with van der Waals surface area (Å²) in [4.78, 5) is 32.9. The van der Waals surface area contributed by atoms with Gasteiger partial charge in [-0.2, -0.15) is 0 Å². The van der Waals surface area contributed by atoms with Crippen molar-refractivity contribution >= 4 is 23.4 Å². The first kappa shape index (κ1) is 27.5. The number of unbranched alkanes of at least 4 members (excludes halogenated alkanes) is 3. The van der Waals surface area contributed by atoms with E-state index in [4.69, 9.17) is 0 Å². The third-order valence-electron chi connectivity index (χ3n) is 7.17. The van der Waals surface area contributed by atoms with Crippen LogP contribution in [-0.4, -0.2) is 87.3 Å². The van der Waals surface area contributed by atoms with Crippen molar-refractivity contribution in [3.05, 3.63) is 60.2 Å². The van der Waals surface area contributed by atoms with Crippen LogP contribution in [-0.2, 0) is 0 Å². The summed E-state index contributed by atoms with van der Waals surface area (Å²) in [7, 11) is 0. The third-order valence-corrected chi connectivity index (χ3v) is 7.17. The molecular formula is C28H38F2N6O2. The number of nitrogens with one attached hydrogen (secondary N) is 2. The van der Waals surface area contributed by atoms with Crippen LogP contribution >= 0.6 is 0 Å². The number of anilines is 2. The van der Waals surface area contributed by atoms with Crippen LogP contribution < -0.4 is 20.4 Å². The molecule has 2 N–H and O–H groups in total. The van der Waals surface area contributed by atoms with E-state index in [-0.39, 0.29) is 23.7 Å². The van der Waals surface area contributed by atoms with Crippen LogP contribution in [0.1, 0.15) is 25.7 Å². The Labute approximate surface area is 223 Å². The van der Waals surface area contributed by atoms with Crippen molar-refractivity contribution in [2.45, 2.75) is 25.7 Å². The summed E-state index contributed by atoms with van der Waals surface area (Å²) in [5.41, 5.74) is 1.96. The Hall–Kier alpha value is -3.56. The summed E-state index contributed by atoms with van der Waals surface area (Å²) in [5.74, 6) is -0.489. The summed E-state index contributed by atoms with van der Waals surface area (Å²) in [6, 6.07) is 12.9. The Bertz CT molecular complexity index is 937. The average molecular weight is 529 g/mol. The number of carbonyl (C=O) groups excluding carboxylic acids is 2. The van der Waals surface area contributed by atoms with Gasteiger partial charge in [0.25, 0.3) is 0 Å². The lowest BCUT2D eigenvalue weighted by Crippen LogP contribution is -2.52. The number of rotatable bonds is 9. The van der Waals surface area contributed by atoms with Crippen LogP contribution in [0.25, 0.3) is 0 Å². The molecule has 2 aliphatic heterocycles. The zero-order chi connectivity index (χ0) is 26.7. The SMILES string of the molecule is O=C(NCCCCCCNC(=O)N1CCN(c2ccc(F)cc2)CC1)N1CCN(c2ccc(F)cc2)CC1. The Balaban J connectivity index is 0.998. The van der Waals surface area contributed by atoms with Crippen molar-refractivity contribution in [3.63, 3.8) is 0 Å². The van der Waals surface area contributed by atoms with Gasteiger partial charge in [0.15, 0.2) is 0 Å². The van der Waals surface area contributed by atoms with Gasteiger partial charge in [-0.05, 0) is 61.4 Å². The lowest BCUT2D eigenvalue weighted by molar-refractivity contribution is 0.193. The highest BCUT2D eigenvalue weighted by molar-refractivity contribution is 5.75. The van der Waals surface area contributed by atoms with Gasteiger partial charge in [0, 0.05) is 76.8 Å². The number of carbonyl (C=O) groups is 2. The zero-order valence-corrected chi connectivity index (χ0v) is 21.9. The first-order chi connectivity index (χ1) is 18.5. The lowest BCUT2D eigenvalue weighted by Gasteiger charge is -2.36. The molecule has 2 aromatic rings. The Morgan fingerprint density at radius 1 is 0.553 bits per heavy atom. The molecule has 38 heavy (non-hydrogen) atoms. The van der Waals surface area contributed by atoms with Gasteiger partial charge in [-0.1, -0.05) is 12.8 Å². The molecule has 2 heterocycles. The quantitative estimate of drug-likeness (QED) is 0.485. The fraction of sp³-hybridized carbons (Fsp3) is 0.500. The molecule has 0 aromatic heterocycles. The average Bonchev–Trinajstić information content (AvgIpc) is 2.95. The van der Waals surface area contributed by atoms with E-state index < -0.39 is 0 Å². The number of nitrogens with zero attached hydrogens (tertiary/aromatic N) is 4. The second kappa shape index (κ2) is 13.8. The minimum Gasteiger partial charge on any atom is -0.368 e. The topological polar surface area (TPSA) is 71.2 Å². The Kier molecular flexibility index (Phi) is 10.0. The maximum Gasteiger partial charge on any atom is 0.317 e. The van der Waals surface area contributed by atoms with E-state index in [1.165, 1.54) is 24.3 Å². The maximum atomic E-state index is 13.1. The number of amides is 4. The van der Waals surface area contributed by atoms with Crippen molar-refractivity contribution in [1.82, 2.24) is 20.4 Å². The van der Waals surface area contributed by atoms with Gasteiger partial charge >= 0.3 is 12.1 Å². The molecule has 0 aliphatic carbocycles. The largest absolute Gasteiger partial charge is 0.368 e. The van der Waals surface area contributed by atoms with Gasteiger partial charge < -0.3 is 30.2 Å². The molecule has 2 fully saturated rings. The molecule has 4 rings (SSSR count). The minimum absolute atomic E-state index is 0.0319. The maximum absolute atomic E-state index is 13.1. The van der Waals surface area contributed by atoms with E-state index in [0.29, 0.717) is 39.3 Å². The van der Waals surface area contributed by atoms with E-state index in [1.807, 2.05) is 9.80 Å². The van der Waals surface area contributed by atoms with Crippen molar-refractivity contribution in [3.8, 4) is 0 Å². The first-order valence-corrected chi connectivity index (χ1v) is 13.6. The van der Waals surface area contributed by atoms with Crippen LogP contribution in [0.4, 0.5) is 29.7 Å². The molecule has 2 aromatic carbocycles. The van der Waals surface area contributed by atoms with Gasteiger partial charge in [-0.3, -0.25) is 0 Å². The van der Waals surface area contributed by atoms with Gasteiger partial charge in [-0.25, -0.2) is 18.4 Å². The highest BCUT2D eigenvalue weighted by Gasteiger charge is 2.22. The van der Waals surface area contributed by atoms with E-state index in [2.05, 4.69) is 20.4 Å². The van der Waals surface area contributed by atoms with Crippen LogP contribution in [0.5, 0.6) is 0 Å². The number of hydrogen-bond donors (Lipinski definition) is 2. The van der Waals surface area contributed by atoms with Crippen LogP contribution in [0.2, 0.25) is 0 Å². The zero-order valence-electron chi connectivity index (χ0n) is 21.9. The predicted molar refractivity (Wildman–Crippen MR) is 146 cm³/mol. The molecule has 2 saturated heterocycles. The predicted octanol–water partition coefficient (Wildman–Crippen LogP) is 3.89. The van der Waals surface area contributed by atoms with Crippen molar-refractivity contribution in [2.75, 3.05) is 75.2 Å². The lowest BCUT2D eigenvalue weighted by atomic mass is 10.2. The summed E-state index contributed by atoms with van der Waals surface area (Å²) in [6.45, 7) is 6.78. The molecule has 206 valence electrons. The fourth-order valence-corrected chi connectivity index (χ4v) is 4.86. The van der Waals surface area contributed by atoms with Gasteiger partial charge in [-0.15, -0.1) is 0 Å². The Morgan fingerprint density at radius 3 is 1.24 bits per heavy atom. The minimum atomic E-state index is -0.244. The first-order valence-electron chi connectivity index (χ1n) is 13.6. The molecule has 0 saturated carbocycles. The molecular weight excluding hydrogens is 490 g/mol. The highest BCUT2D eigenvalue weighted by Crippen LogP contribution is 2.18. The number of piperazine rings is 2. The monoisotopic (exact) mass is 528 g/mol. The number of urea groups is 2. The summed E-state index contributed by atoms with van der Waals surface area (Å²) in [6.07, 6.45) is 3.79. The summed E-state index contributed by atoms with van der Waals surface area (Å²) < 4.78 is 26.2. The van der Waals surface area contributed by atoms with Gasteiger partial charge in [0.1, 0.15) is 11.6 Å². The molecule has 2 aliphatic rings. The summed E-state index contributed by atoms with van der Waals surface area (Å²) >= 11 is 0. The fourth-order valence-electron chi connectivity index (χ4n) is 4.86. The Morgan fingerprint density at radius 2 is 0.895 bits per heavy atom. The van der Waals surface area contributed by atoms with E-state index >= 15 is 0 Å². The van der Waals surface area contributed by atoms with Crippen molar-refractivity contribution < 1.29 is 18.4 Å². The summed E-state index contributed by atoms with van der Waals surface area (Å²) in [5, 5.41) is 6.01. The second-order valence-electron chi connectivity index (χ2n) is 9.78. The molecule has 10 heteroatoms. The van der Waals surface area contributed by atoms with E-state index in [0.717, 1.165) is 63.2 Å². The third kappa shape index (κ3) is 7.97. The molecule has 0 bridgehead atoms. The standard InChI is InChI=1S/C28H38F2N6O2/c29-23-5-9-25(10-6-23)33-15-19-35(20-16-33)27(37)31-13-3-1-2-4-14-32-28(38)36-21-17-34(18-22-36)26-11-7-24(30)8-12-26/h5-12H,1-4,13-22H2,(H,31,37)(H,32,38). The molecule has 0 unspecified atom stereocenters. The molecule has 0 atom stereocenters. The van der Waals surface area contributed by atoms with Crippen LogP contribution in [0, 0.1) is 11.6 Å². The van der Waals surface area contributed by atoms with E-state index in [9.17, 15) is 18.4 Å². The van der Waals surface area contributed by atoms with Crippen LogP contribution in [0.15, 0.2) is 48.5 Å². The number of halogens is 2. The normalized spacial score (nSPS) is 15.9. The smallest absolute Gasteiger partial charge is 0.317 e. The van der Waals surface area contributed by atoms with Crippen molar-refractivity contribution in [1.29, 1.82) is 0 Å². The molecule has 8 nitrogen and oxygen atoms in total.